The van der Waals surface area contributed by atoms with Gasteiger partial charge in [0, 0.05) is 36.0 Å². The molecule has 8 aromatic carbocycles. The van der Waals surface area contributed by atoms with E-state index >= 15 is 0 Å². The first kappa shape index (κ1) is 43.2. The number of aliphatic hydroxyl groups excluding tert-OH is 1. The van der Waals surface area contributed by atoms with E-state index in [9.17, 15) is 9.90 Å². The van der Waals surface area contributed by atoms with Gasteiger partial charge in [-0.2, -0.15) is 0 Å². The van der Waals surface area contributed by atoms with Crippen molar-refractivity contribution < 1.29 is 9.90 Å². The summed E-state index contributed by atoms with van der Waals surface area (Å²) in [5.74, 6) is -0.108. The maximum absolute atomic E-state index is 13.2. The van der Waals surface area contributed by atoms with Crippen LogP contribution >= 0.6 is 0 Å². The highest BCUT2D eigenvalue weighted by Crippen LogP contribution is 2.42. The molecule has 0 saturated heterocycles. The predicted molar refractivity (Wildman–Crippen MR) is 281 cm³/mol. The van der Waals surface area contributed by atoms with Gasteiger partial charge >= 0.3 is 0 Å². The van der Waals surface area contributed by atoms with E-state index in [-0.39, 0.29) is 18.0 Å². The Morgan fingerprint density at radius 1 is 0.382 bits per heavy atom. The quantitative estimate of drug-likeness (QED) is 0.0926. The number of benzene rings is 8. The van der Waals surface area contributed by atoms with E-state index in [1.807, 2.05) is 54.9 Å². The van der Waals surface area contributed by atoms with E-state index in [4.69, 9.17) is 0 Å². The van der Waals surface area contributed by atoms with Crippen molar-refractivity contribution in [3.63, 3.8) is 0 Å². The molecule has 2 aromatic heterocycles. The predicted octanol–water partition coefficient (Wildman–Crippen LogP) is 16.4. The first-order valence-corrected chi connectivity index (χ1v) is 23.0. The lowest BCUT2D eigenvalue weighted by atomic mass is 9.85. The number of nitrogens with zero attached hydrogens (tertiary/aromatic N) is 2. The number of hydrogen-bond acceptors (Lipinski definition) is 4. The average molecular weight is 877 g/mol. The van der Waals surface area contributed by atoms with E-state index in [0.717, 1.165) is 100 Å². The molecule has 10 aromatic rings. The van der Waals surface area contributed by atoms with Crippen LogP contribution in [0.15, 0.2) is 249 Å². The summed E-state index contributed by atoms with van der Waals surface area (Å²) in [4.78, 5) is 22.4. The lowest BCUT2D eigenvalue weighted by Crippen LogP contribution is -2.00. The van der Waals surface area contributed by atoms with Gasteiger partial charge in [-0.1, -0.05) is 182 Å². The summed E-state index contributed by atoms with van der Waals surface area (Å²) in [6, 6.07) is 79.1. The van der Waals surface area contributed by atoms with Gasteiger partial charge in [0.25, 0.3) is 0 Å². The number of aliphatic hydroxyl groups is 1. The van der Waals surface area contributed by atoms with E-state index in [0.29, 0.717) is 6.42 Å². The van der Waals surface area contributed by atoms with Gasteiger partial charge in [0.2, 0.25) is 0 Å². The summed E-state index contributed by atoms with van der Waals surface area (Å²) in [5, 5.41) is 10.0. The lowest BCUT2D eigenvalue weighted by molar-refractivity contribution is -0.114. The van der Waals surface area contributed by atoms with E-state index in [1.165, 1.54) is 18.6 Å². The third-order valence-corrected chi connectivity index (χ3v) is 12.5. The van der Waals surface area contributed by atoms with Crippen LogP contribution < -0.4 is 0 Å². The first-order chi connectivity index (χ1) is 33.4. The van der Waals surface area contributed by atoms with Crippen molar-refractivity contribution in [2.24, 2.45) is 0 Å². The van der Waals surface area contributed by atoms with Crippen LogP contribution in [-0.2, 0) is 11.2 Å². The minimum atomic E-state index is -0.117. The van der Waals surface area contributed by atoms with Crippen LogP contribution in [-0.4, -0.2) is 20.9 Å². The number of aromatic nitrogens is 2. The van der Waals surface area contributed by atoms with Crippen LogP contribution in [0.25, 0.3) is 100 Å². The number of allylic oxidation sites excluding steroid dienone is 2. The number of hydrogen-bond donors (Lipinski definition) is 1. The van der Waals surface area contributed by atoms with Crippen molar-refractivity contribution in [1.29, 1.82) is 0 Å². The van der Waals surface area contributed by atoms with Crippen LogP contribution in [0.3, 0.4) is 0 Å². The highest BCUT2D eigenvalue weighted by Gasteiger charge is 2.17. The third kappa shape index (κ3) is 9.62. The number of carbonyl (C=O) groups excluding carboxylic acids is 1. The summed E-state index contributed by atoms with van der Waals surface area (Å²) in [5.41, 5.74) is 20.4. The van der Waals surface area contributed by atoms with Crippen molar-refractivity contribution >= 4 is 5.78 Å². The topological polar surface area (TPSA) is 63.1 Å². The standard InChI is InChI=1S/C64H48N2O2/c1-44(67)39-57(68)35-33-53-40-52(47-23-21-46(22-24-47)45-13-3-2-4-14-45)34-36-58(53)54-41-55(61-17-7-5-15-59(61)48-25-29-50(30-26-48)63-19-9-11-37-65-63)43-56(42-54)62-18-8-6-16-60(62)49-27-31-51(32-28-49)64-20-10-12-38-66-64/h2-32,34,36-43,67H,33,35H2,1H3/b44-39-. The summed E-state index contributed by atoms with van der Waals surface area (Å²) in [7, 11) is 0. The molecule has 0 bridgehead atoms. The molecule has 0 saturated carbocycles. The number of aryl methyl sites for hydroxylation is 1. The van der Waals surface area contributed by atoms with Gasteiger partial charge in [-0.3, -0.25) is 14.8 Å². The Labute approximate surface area is 398 Å². The Morgan fingerprint density at radius 3 is 1.24 bits per heavy atom. The largest absolute Gasteiger partial charge is 0.512 e. The van der Waals surface area contributed by atoms with Crippen LogP contribution in [0.2, 0.25) is 0 Å². The van der Waals surface area contributed by atoms with Crippen LogP contribution in [0.5, 0.6) is 0 Å². The maximum Gasteiger partial charge on any atom is 0.159 e. The Morgan fingerprint density at radius 2 is 0.765 bits per heavy atom. The summed E-state index contributed by atoms with van der Waals surface area (Å²) < 4.78 is 0. The van der Waals surface area contributed by atoms with Gasteiger partial charge in [-0.05, 0) is 139 Å². The molecule has 0 unspecified atom stereocenters. The molecule has 0 spiro atoms. The molecular formula is C64H48N2O2. The normalized spacial score (nSPS) is 11.3. The average Bonchev–Trinajstić information content (AvgIpc) is 3.41. The smallest absolute Gasteiger partial charge is 0.159 e. The lowest BCUT2D eigenvalue weighted by Gasteiger charge is -2.18. The fourth-order valence-electron chi connectivity index (χ4n) is 9.09. The minimum absolute atomic E-state index is 0.00917. The van der Waals surface area contributed by atoms with Crippen molar-refractivity contribution in [2.45, 2.75) is 19.8 Å². The molecule has 326 valence electrons. The fraction of sp³-hybridized carbons (Fsp3) is 0.0469. The first-order valence-electron chi connectivity index (χ1n) is 23.0. The van der Waals surface area contributed by atoms with Crippen molar-refractivity contribution in [1.82, 2.24) is 9.97 Å². The van der Waals surface area contributed by atoms with Gasteiger partial charge < -0.3 is 5.11 Å². The molecule has 0 radical (unpaired) electrons. The SMILES string of the molecule is C/C(O)=C/C(=O)CCc1cc(-c2ccc(-c3ccccc3)cc2)ccc1-c1cc(-c2ccccc2-c2ccc(-c3ccccn3)cc2)cc(-c2ccccc2-c2ccc(-c3ccccn3)cc2)c1. The Hall–Kier alpha value is -8.73. The molecule has 0 amide bonds. The highest BCUT2D eigenvalue weighted by molar-refractivity contribution is 5.93. The van der Waals surface area contributed by atoms with Gasteiger partial charge in [0.05, 0.1) is 17.1 Å². The van der Waals surface area contributed by atoms with Crippen molar-refractivity contribution in [3.8, 4) is 100 Å². The Bertz CT molecular complexity index is 3230. The van der Waals surface area contributed by atoms with Crippen molar-refractivity contribution in [2.75, 3.05) is 0 Å². The molecule has 0 fully saturated rings. The molecule has 4 nitrogen and oxygen atoms in total. The second kappa shape index (κ2) is 19.8. The highest BCUT2D eigenvalue weighted by atomic mass is 16.3. The monoisotopic (exact) mass is 876 g/mol. The third-order valence-electron chi connectivity index (χ3n) is 12.5. The molecule has 10 rings (SSSR count). The fourth-order valence-corrected chi connectivity index (χ4v) is 9.09. The molecule has 0 aliphatic rings. The zero-order chi connectivity index (χ0) is 46.2. The molecule has 1 N–H and O–H groups in total. The van der Waals surface area contributed by atoms with E-state index < -0.39 is 0 Å². The van der Waals surface area contributed by atoms with Gasteiger partial charge in [-0.25, -0.2) is 0 Å². The van der Waals surface area contributed by atoms with Crippen LogP contribution in [0.1, 0.15) is 18.9 Å². The number of carbonyl (C=O) groups is 1. The molecule has 2 heterocycles. The summed E-state index contributed by atoms with van der Waals surface area (Å²) >= 11 is 0. The molecule has 68 heavy (non-hydrogen) atoms. The van der Waals surface area contributed by atoms with Gasteiger partial charge in [-0.15, -0.1) is 0 Å². The van der Waals surface area contributed by atoms with Crippen LogP contribution in [0, 0.1) is 0 Å². The zero-order valence-corrected chi connectivity index (χ0v) is 37.8. The Kier molecular flexibility index (Phi) is 12.6. The summed E-state index contributed by atoms with van der Waals surface area (Å²) in [6.45, 7) is 1.54. The Balaban J connectivity index is 1.12. The zero-order valence-electron chi connectivity index (χ0n) is 37.8. The van der Waals surface area contributed by atoms with E-state index in [2.05, 4.69) is 192 Å². The summed E-state index contributed by atoms with van der Waals surface area (Å²) in [6.07, 6.45) is 5.72. The van der Waals surface area contributed by atoms with Gasteiger partial charge in [0.15, 0.2) is 5.78 Å². The van der Waals surface area contributed by atoms with Crippen LogP contribution in [0.4, 0.5) is 0 Å². The molecular weight excluding hydrogens is 829 g/mol. The molecule has 0 atom stereocenters. The second-order valence-corrected chi connectivity index (χ2v) is 17.0. The van der Waals surface area contributed by atoms with Gasteiger partial charge in [0.1, 0.15) is 0 Å². The number of pyridine rings is 2. The number of rotatable bonds is 13. The molecule has 0 aliphatic heterocycles. The maximum atomic E-state index is 13.2. The second-order valence-electron chi connectivity index (χ2n) is 17.0. The minimum Gasteiger partial charge on any atom is -0.512 e. The number of ketones is 1. The van der Waals surface area contributed by atoms with E-state index in [1.54, 1.807) is 0 Å². The molecule has 4 heteroatoms. The molecule has 0 aliphatic carbocycles. The van der Waals surface area contributed by atoms with Crippen molar-refractivity contribution in [3.05, 3.63) is 254 Å².